The lowest BCUT2D eigenvalue weighted by Crippen LogP contribution is -2.44. The van der Waals surface area contributed by atoms with Crippen molar-refractivity contribution in [2.24, 2.45) is 5.92 Å². The Labute approximate surface area is 57.8 Å². The first-order valence-electron chi connectivity index (χ1n) is 3.16. The summed E-state index contributed by atoms with van der Waals surface area (Å²) in [5.41, 5.74) is 0. The molecule has 56 valence electrons. The van der Waals surface area contributed by atoms with Crippen LogP contribution >= 0.6 is 0 Å². The van der Waals surface area contributed by atoms with Crippen molar-refractivity contribution in [3.63, 3.8) is 0 Å². The highest BCUT2D eigenvalue weighted by molar-refractivity contribution is 4.89. The molecule has 1 saturated heterocycles. The number of nitrogens with one attached hydrogen (secondary N) is 1. The largest absolute Gasteiger partial charge is 0.302 e. The fraction of sp³-hybridized carbons (Fsp3) is 0.833. The van der Waals surface area contributed by atoms with Crippen molar-refractivity contribution < 1.29 is 8.78 Å². The van der Waals surface area contributed by atoms with E-state index in [-0.39, 0.29) is 18.9 Å². The summed E-state index contributed by atoms with van der Waals surface area (Å²) in [5, 5.41) is 10.3. The molecule has 0 amide bonds. The molecule has 0 bridgehead atoms. The van der Waals surface area contributed by atoms with E-state index in [1.54, 1.807) is 0 Å². The number of alkyl halides is 2. The van der Waals surface area contributed by atoms with Crippen LogP contribution in [0.5, 0.6) is 0 Å². The topological polar surface area (TPSA) is 35.8 Å². The number of rotatable bonds is 0. The van der Waals surface area contributed by atoms with Gasteiger partial charge >= 0.3 is 6.05 Å². The van der Waals surface area contributed by atoms with E-state index in [0.29, 0.717) is 6.42 Å². The normalized spacial score (nSPS) is 31.1. The van der Waals surface area contributed by atoms with Gasteiger partial charge in [0.2, 0.25) is 0 Å². The second-order valence-corrected chi connectivity index (χ2v) is 2.45. The van der Waals surface area contributed by atoms with Gasteiger partial charge < -0.3 is 0 Å². The van der Waals surface area contributed by atoms with Crippen LogP contribution in [-0.2, 0) is 0 Å². The van der Waals surface area contributed by atoms with Gasteiger partial charge in [-0.05, 0) is 6.42 Å². The number of hydrogen-bond donors (Lipinski definition) is 1. The molecule has 0 aromatic heterocycles. The van der Waals surface area contributed by atoms with Gasteiger partial charge in [0.15, 0.2) is 0 Å². The van der Waals surface area contributed by atoms with E-state index in [9.17, 15) is 8.78 Å². The number of piperidine rings is 1. The molecule has 0 aromatic rings. The predicted molar refractivity (Wildman–Crippen MR) is 31.3 cm³/mol. The van der Waals surface area contributed by atoms with Crippen LogP contribution in [0.1, 0.15) is 12.8 Å². The molecule has 0 unspecified atom stereocenters. The molecule has 0 aromatic carbocycles. The molecule has 0 saturated carbocycles. The molecule has 1 atom stereocenters. The molecule has 0 spiro atoms. The van der Waals surface area contributed by atoms with Gasteiger partial charge in [0.25, 0.3) is 0 Å². The monoisotopic (exact) mass is 146 g/mol. The highest BCUT2D eigenvalue weighted by atomic mass is 19.3. The second-order valence-electron chi connectivity index (χ2n) is 2.45. The summed E-state index contributed by atoms with van der Waals surface area (Å²) < 4.78 is 24.6. The van der Waals surface area contributed by atoms with Crippen LogP contribution in [0.15, 0.2) is 0 Å². The summed E-state index contributed by atoms with van der Waals surface area (Å²) in [6, 6.07) is -0.797. The molecular formula is C6H8F2N2. The van der Waals surface area contributed by atoms with Gasteiger partial charge in [-0.1, -0.05) is 0 Å². The first-order valence-corrected chi connectivity index (χ1v) is 3.16. The van der Waals surface area contributed by atoms with Gasteiger partial charge in [0.05, 0.1) is 12.0 Å². The zero-order valence-corrected chi connectivity index (χ0v) is 5.40. The first kappa shape index (κ1) is 7.42. The molecule has 1 aliphatic rings. The zero-order chi connectivity index (χ0) is 7.61. The lowest BCUT2D eigenvalue weighted by Gasteiger charge is -2.25. The van der Waals surface area contributed by atoms with Gasteiger partial charge in [-0.2, -0.15) is 14.0 Å². The molecule has 0 radical (unpaired) electrons. The fourth-order valence-corrected chi connectivity index (χ4v) is 0.929. The molecule has 4 heteroatoms. The van der Waals surface area contributed by atoms with Crippen molar-refractivity contribution >= 4 is 0 Å². The Hall–Kier alpha value is -0.690. The molecule has 2 nitrogen and oxygen atoms in total. The zero-order valence-electron chi connectivity index (χ0n) is 5.40. The maximum absolute atomic E-state index is 12.3. The highest BCUT2D eigenvalue weighted by Gasteiger charge is 2.34. The van der Waals surface area contributed by atoms with Crippen LogP contribution in [-0.4, -0.2) is 12.6 Å². The van der Waals surface area contributed by atoms with E-state index in [1.165, 1.54) is 0 Å². The van der Waals surface area contributed by atoms with E-state index in [0.717, 1.165) is 0 Å². The Morgan fingerprint density at radius 2 is 2.30 bits per heavy atom. The van der Waals surface area contributed by atoms with E-state index < -0.39 is 6.05 Å². The van der Waals surface area contributed by atoms with Gasteiger partial charge in [0.1, 0.15) is 0 Å². The summed E-state index contributed by atoms with van der Waals surface area (Å²) in [7, 11) is 0. The maximum Gasteiger partial charge on any atom is 0.302 e. The van der Waals surface area contributed by atoms with Gasteiger partial charge in [-0.15, -0.1) is 0 Å². The Balaban J connectivity index is 2.40. The van der Waals surface area contributed by atoms with E-state index in [4.69, 9.17) is 5.26 Å². The SMILES string of the molecule is N#C[C@@H]1CCC(F)(F)NC1. The lowest BCUT2D eigenvalue weighted by molar-refractivity contribution is -0.0630. The van der Waals surface area contributed by atoms with Gasteiger partial charge in [0, 0.05) is 13.0 Å². The van der Waals surface area contributed by atoms with Crippen molar-refractivity contribution in [1.29, 1.82) is 5.26 Å². The minimum absolute atomic E-state index is 0.115. The third kappa shape index (κ3) is 1.64. The van der Waals surface area contributed by atoms with Crippen molar-refractivity contribution in [1.82, 2.24) is 5.32 Å². The highest BCUT2D eigenvalue weighted by Crippen LogP contribution is 2.24. The maximum atomic E-state index is 12.3. The van der Waals surface area contributed by atoms with Crippen LogP contribution in [0.25, 0.3) is 0 Å². The van der Waals surface area contributed by atoms with Crippen LogP contribution in [0, 0.1) is 17.2 Å². The first-order chi connectivity index (χ1) is 4.64. The molecule has 1 rings (SSSR count). The van der Waals surface area contributed by atoms with Crippen LogP contribution in [0.2, 0.25) is 0 Å². The Bertz CT molecular complexity index is 152. The Morgan fingerprint density at radius 1 is 1.60 bits per heavy atom. The standard InChI is InChI=1S/C6H8F2N2/c7-6(8)2-1-5(3-9)4-10-6/h5,10H,1-2,4H2/t5-/m0/s1. The Kier molecular flexibility index (Phi) is 1.86. The third-order valence-electron chi connectivity index (χ3n) is 1.60. The van der Waals surface area contributed by atoms with Gasteiger partial charge in [-0.3, -0.25) is 5.32 Å². The summed E-state index contributed by atoms with van der Waals surface area (Å²) in [4.78, 5) is 0. The summed E-state index contributed by atoms with van der Waals surface area (Å²) >= 11 is 0. The number of nitriles is 1. The third-order valence-corrected chi connectivity index (χ3v) is 1.60. The van der Waals surface area contributed by atoms with Gasteiger partial charge in [-0.25, -0.2) is 0 Å². The van der Waals surface area contributed by atoms with Crippen molar-refractivity contribution in [3.8, 4) is 6.07 Å². The minimum atomic E-state index is -2.74. The smallest absolute Gasteiger partial charge is 0.257 e. The minimum Gasteiger partial charge on any atom is -0.257 e. The molecule has 1 aliphatic heterocycles. The molecular weight excluding hydrogens is 138 g/mol. The summed E-state index contributed by atoms with van der Waals surface area (Å²) in [5.74, 6) is -0.236. The molecule has 10 heavy (non-hydrogen) atoms. The molecule has 0 aliphatic carbocycles. The molecule has 1 fully saturated rings. The van der Waals surface area contributed by atoms with Crippen molar-refractivity contribution in [3.05, 3.63) is 0 Å². The fourth-order valence-electron chi connectivity index (χ4n) is 0.929. The lowest BCUT2D eigenvalue weighted by atomic mass is 10.0. The predicted octanol–water partition coefficient (Wildman–Crippen LogP) is 1.10. The van der Waals surface area contributed by atoms with Crippen LogP contribution < -0.4 is 5.32 Å². The Morgan fingerprint density at radius 3 is 2.70 bits per heavy atom. The summed E-state index contributed by atoms with van der Waals surface area (Å²) in [6.07, 6.45) is 0.0850. The van der Waals surface area contributed by atoms with Crippen LogP contribution in [0.3, 0.4) is 0 Å². The summed E-state index contributed by atoms with van der Waals surface area (Å²) in [6.45, 7) is 0.115. The van der Waals surface area contributed by atoms with E-state index in [2.05, 4.69) is 0 Å². The number of nitrogens with zero attached hydrogens (tertiary/aromatic N) is 1. The number of hydrogen-bond acceptors (Lipinski definition) is 2. The molecule has 1 heterocycles. The van der Waals surface area contributed by atoms with E-state index >= 15 is 0 Å². The number of halogens is 2. The van der Waals surface area contributed by atoms with Crippen molar-refractivity contribution in [2.75, 3.05) is 6.54 Å². The van der Waals surface area contributed by atoms with Crippen molar-refractivity contribution in [2.45, 2.75) is 18.9 Å². The second kappa shape index (κ2) is 2.51. The van der Waals surface area contributed by atoms with Crippen LogP contribution in [0.4, 0.5) is 8.78 Å². The van der Waals surface area contributed by atoms with E-state index in [1.807, 2.05) is 11.4 Å². The quantitative estimate of drug-likeness (QED) is 0.519. The average Bonchev–Trinajstić information content (AvgIpc) is 1.88. The average molecular weight is 146 g/mol. The molecule has 1 N–H and O–H groups in total.